The van der Waals surface area contributed by atoms with Crippen LogP contribution < -0.4 is 4.74 Å². The number of hydrogen-bond donors (Lipinski definition) is 1. The first kappa shape index (κ1) is 17.0. The van der Waals surface area contributed by atoms with Crippen LogP contribution in [-0.4, -0.2) is 21.7 Å². The molecule has 0 atom stereocenters. The van der Waals surface area contributed by atoms with Gasteiger partial charge in [0.25, 0.3) is 0 Å². The summed E-state index contributed by atoms with van der Waals surface area (Å²) in [5.74, 6) is -0.379. The summed E-state index contributed by atoms with van der Waals surface area (Å²) in [6.45, 7) is 11.2. The molecular formula is C19H23NO3. The molecule has 0 spiro atoms. The van der Waals surface area contributed by atoms with Crippen LogP contribution in [0.3, 0.4) is 0 Å². The summed E-state index contributed by atoms with van der Waals surface area (Å²) in [7, 11) is 0. The molecule has 0 amide bonds. The van der Waals surface area contributed by atoms with E-state index in [1.807, 2.05) is 32.9 Å². The van der Waals surface area contributed by atoms with E-state index in [2.05, 4.69) is 11.9 Å². The van der Waals surface area contributed by atoms with Gasteiger partial charge in [0.2, 0.25) is 0 Å². The lowest BCUT2D eigenvalue weighted by Crippen LogP contribution is -2.38. The van der Waals surface area contributed by atoms with Crippen molar-refractivity contribution in [1.82, 2.24) is 4.98 Å². The average molecular weight is 313 g/mol. The number of carboxylic acid groups (broad SMARTS) is 1. The zero-order chi connectivity index (χ0) is 17.4. The van der Waals surface area contributed by atoms with Crippen LogP contribution in [0.1, 0.15) is 36.1 Å². The van der Waals surface area contributed by atoms with Gasteiger partial charge >= 0.3 is 5.97 Å². The third kappa shape index (κ3) is 3.07. The van der Waals surface area contributed by atoms with Crippen LogP contribution in [0.15, 0.2) is 24.5 Å². The van der Waals surface area contributed by atoms with Crippen molar-refractivity contribution in [2.75, 3.05) is 0 Å². The molecule has 0 radical (unpaired) electrons. The molecule has 1 aromatic heterocycles. The van der Waals surface area contributed by atoms with Crippen LogP contribution in [0.5, 0.6) is 5.75 Å². The minimum Gasteiger partial charge on any atom is -0.478 e. The van der Waals surface area contributed by atoms with Crippen molar-refractivity contribution < 1.29 is 14.6 Å². The monoisotopic (exact) mass is 313 g/mol. The topological polar surface area (TPSA) is 59.4 Å². The summed E-state index contributed by atoms with van der Waals surface area (Å²) in [4.78, 5) is 15.7. The molecule has 1 aromatic carbocycles. The molecule has 0 bridgehead atoms. The van der Waals surface area contributed by atoms with E-state index in [0.717, 1.165) is 27.8 Å². The van der Waals surface area contributed by atoms with Crippen molar-refractivity contribution in [2.45, 2.75) is 47.1 Å². The Morgan fingerprint density at radius 3 is 2.22 bits per heavy atom. The van der Waals surface area contributed by atoms with E-state index in [1.54, 1.807) is 26.2 Å². The van der Waals surface area contributed by atoms with Crippen LogP contribution in [0.25, 0.3) is 11.1 Å². The molecule has 1 heterocycles. The van der Waals surface area contributed by atoms with Crippen molar-refractivity contribution in [3.05, 3.63) is 46.8 Å². The summed E-state index contributed by atoms with van der Waals surface area (Å²) >= 11 is 0. The first-order valence-electron chi connectivity index (χ1n) is 7.60. The highest BCUT2D eigenvalue weighted by molar-refractivity contribution is 5.80. The van der Waals surface area contributed by atoms with Gasteiger partial charge in [0, 0.05) is 23.5 Å². The van der Waals surface area contributed by atoms with Gasteiger partial charge in [0.1, 0.15) is 5.75 Å². The summed E-state index contributed by atoms with van der Waals surface area (Å²) in [6.07, 6.45) is 3.49. The minimum atomic E-state index is -1.31. The highest BCUT2D eigenvalue weighted by atomic mass is 16.5. The molecule has 0 aliphatic rings. The lowest BCUT2D eigenvalue weighted by Gasteiger charge is -2.27. The number of aromatic nitrogens is 1. The molecular weight excluding hydrogens is 290 g/mol. The maximum atomic E-state index is 11.5. The summed E-state index contributed by atoms with van der Waals surface area (Å²) < 4.78 is 5.97. The zero-order valence-corrected chi connectivity index (χ0v) is 14.5. The third-order valence-electron chi connectivity index (χ3n) is 4.45. The van der Waals surface area contributed by atoms with Gasteiger partial charge in [-0.2, -0.15) is 0 Å². The van der Waals surface area contributed by atoms with Gasteiger partial charge in [-0.15, -0.1) is 0 Å². The standard InChI is InChI=1S/C19H23NO3/c1-11-12(2)14(4)17(23-19(5,6)18(21)22)16(13(11)3)15-8-7-9-20-10-15/h7-10H,1-6H3,(H,21,22). The van der Waals surface area contributed by atoms with E-state index in [9.17, 15) is 9.90 Å². The minimum absolute atomic E-state index is 0.617. The number of rotatable bonds is 4. The van der Waals surface area contributed by atoms with Crippen molar-refractivity contribution >= 4 is 5.97 Å². The largest absolute Gasteiger partial charge is 0.478 e. The van der Waals surface area contributed by atoms with Crippen LogP contribution in [-0.2, 0) is 4.79 Å². The molecule has 23 heavy (non-hydrogen) atoms. The highest BCUT2D eigenvalue weighted by Crippen LogP contribution is 2.41. The zero-order valence-electron chi connectivity index (χ0n) is 14.5. The fourth-order valence-electron chi connectivity index (χ4n) is 2.56. The van der Waals surface area contributed by atoms with Gasteiger partial charge in [0.15, 0.2) is 5.60 Å². The van der Waals surface area contributed by atoms with Gasteiger partial charge in [-0.3, -0.25) is 4.98 Å². The lowest BCUT2D eigenvalue weighted by molar-refractivity contribution is -0.152. The Labute approximate surface area is 137 Å². The molecule has 4 heteroatoms. The molecule has 1 N–H and O–H groups in total. The van der Waals surface area contributed by atoms with Gasteiger partial charge in [-0.25, -0.2) is 4.79 Å². The molecule has 0 unspecified atom stereocenters. The number of nitrogens with zero attached hydrogens (tertiary/aromatic N) is 1. The maximum Gasteiger partial charge on any atom is 0.347 e. The van der Waals surface area contributed by atoms with E-state index in [0.29, 0.717) is 5.75 Å². The van der Waals surface area contributed by atoms with Gasteiger partial charge in [-0.05, 0) is 69.9 Å². The smallest absolute Gasteiger partial charge is 0.347 e. The fraction of sp³-hybridized carbons (Fsp3) is 0.368. The Hall–Kier alpha value is -2.36. The summed E-state index contributed by atoms with van der Waals surface area (Å²) in [5.41, 5.74) is 4.86. The number of hydrogen-bond acceptors (Lipinski definition) is 3. The van der Waals surface area contributed by atoms with Crippen molar-refractivity contribution in [3.8, 4) is 16.9 Å². The Balaban J connectivity index is 2.76. The number of pyridine rings is 1. The molecule has 0 saturated heterocycles. The summed E-state index contributed by atoms with van der Waals surface area (Å²) in [5, 5.41) is 9.41. The number of ether oxygens (including phenoxy) is 1. The van der Waals surface area contributed by atoms with Crippen molar-refractivity contribution in [1.29, 1.82) is 0 Å². The van der Waals surface area contributed by atoms with Gasteiger partial charge in [0.05, 0.1) is 0 Å². The molecule has 4 nitrogen and oxygen atoms in total. The second-order valence-corrected chi connectivity index (χ2v) is 6.36. The predicted molar refractivity (Wildman–Crippen MR) is 91.0 cm³/mol. The second kappa shape index (κ2) is 6.03. The van der Waals surface area contributed by atoms with E-state index < -0.39 is 11.6 Å². The number of carbonyl (C=O) groups is 1. The Kier molecular flexibility index (Phi) is 4.46. The molecule has 2 rings (SSSR count). The molecule has 0 fully saturated rings. The Morgan fingerprint density at radius 1 is 1.09 bits per heavy atom. The SMILES string of the molecule is Cc1c(C)c(C)c(-c2cccnc2)c(OC(C)(C)C(=O)O)c1C. The second-order valence-electron chi connectivity index (χ2n) is 6.36. The molecule has 0 aliphatic heterocycles. The van der Waals surface area contributed by atoms with Crippen molar-refractivity contribution in [2.24, 2.45) is 0 Å². The van der Waals surface area contributed by atoms with E-state index in [-0.39, 0.29) is 0 Å². The van der Waals surface area contributed by atoms with Crippen LogP contribution in [0.4, 0.5) is 0 Å². The molecule has 2 aromatic rings. The normalized spacial score (nSPS) is 11.4. The number of aliphatic carboxylic acids is 1. The van der Waals surface area contributed by atoms with Crippen LogP contribution in [0, 0.1) is 27.7 Å². The van der Waals surface area contributed by atoms with Gasteiger partial charge < -0.3 is 9.84 Å². The van der Waals surface area contributed by atoms with Crippen LogP contribution >= 0.6 is 0 Å². The predicted octanol–water partition coefficient (Wildman–Crippen LogP) is 4.22. The molecule has 0 aliphatic carbocycles. The third-order valence-corrected chi connectivity index (χ3v) is 4.45. The lowest BCUT2D eigenvalue weighted by atomic mass is 9.90. The fourth-order valence-corrected chi connectivity index (χ4v) is 2.56. The average Bonchev–Trinajstić information content (AvgIpc) is 2.51. The molecule has 0 saturated carbocycles. The number of carboxylic acids is 1. The Morgan fingerprint density at radius 2 is 1.70 bits per heavy atom. The van der Waals surface area contributed by atoms with Crippen molar-refractivity contribution in [3.63, 3.8) is 0 Å². The highest BCUT2D eigenvalue weighted by Gasteiger charge is 2.32. The quantitative estimate of drug-likeness (QED) is 0.918. The molecule has 122 valence electrons. The van der Waals surface area contributed by atoms with E-state index >= 15 is 0 Å². The first-order valence-corrected chi connectivity index (χ1v) is 7.60. The van der Waals surface area contributed by atoms with E-state index in [1.165, 1.54) is 5.56 Å². The van der Waals surface area contributed by atoms with Gasteiger partial charge in [-0.1, -0.05) is 6.07 Å². The summed E-state index contributed by atoms with van der Waals surface area (Å²) in [6, 6.07) is 3.83. The first-order chi connectivity index (χ1) is 10.7. The maximum absolute atomic E-state index is 11.5. The Bertz CT molecular complexity index is 749. The number of benzene rings is 1. The van der Waals surface area contributed by atoms with E-state index in [4.69, 9.17) is 4.74 Å². The van der Waals surface area contributed by atoms with Crippen LogP contribution in [0.2, 0.25) is 0 Å².